The summed E-state index contributed by atoms with van der Waals surface area (Å²) >= 11 is 0. The zero-order valence-corrected chi connectivity index (χ0v) is 17.4. The number of benzene rings is 3. The molecule has 0 fully saturated rings. The fourth-order valence-electron chi connectivity index (χ4n) is 5.20. The van der Waals surface area contributed by atoms with Gasteiger partial charge in [-0.15, -0.1) is 0 Å². The van der Waals surface area contributed by atoms with Crippen LogP contribution in [-0.2, 0) is 23.8 Å². The molecule has 7 rings (SSSR count). The van der Waals surface area contributed by atoms with Gasteiger partial charge in [-0.3, -0.25) is 4.79 Å². The lowest BCUT2D eigenvalue weighted by atomic mass is 9.77. The van der Waals surface area contributed by atoms with E-state index < -0.39 is 5.41 Å². The first kappa shape index (κ1) is 17.7. The van der Waals surface area contributed by atoms with Crippen molar-refractivity contribution in [2.24, 2.45) is 7.05 Å². The minimum absolute atomic E-state index is 0.0108. The maximum Gasteiger partial charge on any atom is 0.246 e. The molecule has 0 saturated heterocycles. The number of nitrogens with zero attached hydrogens (tertiary/aromatic N) is 3. The molecule has 0 aliphatic carbocycles. The molecular weight excluding hydrogens is 406 g/mol. The molecule has 1 amide bonds. The summed E-state index contributed by atoms with van der Waals surface area (Å²) in [5.41, 5.74) is 3.71. The zero-order valence-electron chi connectivity index (χ0n) is 17.4. The lowest BCUT2D eigenvalue weighted by Crippen LogP contribution is -2.42. The van der Waals surface area contributed by atoms with Gasteiger partial charge in [-0.05, 0) is 29.8 Å². The molecule has 0 radical (unpaired) electrons. The van der Waals surface area contributed by atoms with Crippen molar-refractivity contribution in [1.29, 1.82) is 0 Å². The zero-order chi connectivity index (χ0) is 21.4. The van der Waals surface area contributed by atoms with E-state index in [0.29, 0.717) is 23.8 Å². The molecule has 7 heteroatoms. The predicted octanol–water partition coefficient (Wildman–Crippen LogP) is 3.53. The maximum absolute atomic E-state index is 14.1. The third-order valence-electron chi connectivity index (χ3n) is 6.82. The highest BCUT2D eigenvalue weighted by Crippen LogP contribution is 2.55. The quantitative estimate of drug-likeness (QED) is 0.492. The van der Waals surface area contributed by atoms with E-state index >= 15 is 0 Å². The number of fused-ring (bicyclic) bond motifs is 6. The number of amides is 1. The van der Waals surface area contributed by atoms with Crippen LogP contribution in [0.5, 0.6) is 17.2 Å². The Balaban J connectivity index is 1.38. The molecule has 32 heavy (non-hydrogen) atoms. The second-order valence-corrected chi connectivity index (χ2v) is 8.38. The van der Waals surface area contributed by atoms with E-state index in [9.17, 15) is 4.79 Å². The molecule has 1 spiro atoms. The van der Waals surface area contributed by atoms with Crippen LogP contribution in [0.15, 0.2) is 60.7 Å². The molecule has 3 aliphatic heterocycles. The minimum Gasteiger partial charge on any atom is -0.491 e. The van der Waals surface area contributed by atoms with Crippen molar-refractivity contribution in [2.45, 2.75) is 12.0 Å². The van der Waals surface area contributed by atoms with Crippen LogP contribution < -0.4 is 19.1 Å². The van der Waals surface area contributed by atoms with Gasteiger partial charge in [-0.1, -0.05) is 30.3 Å². The Kier molecular flexibility index (Phi) is 3.33. The van der Waals surface area contributed by atoms with Crippen LogP contribution in [0.3, 0.4) is 0 Å². The molecule has 3 aliphatic rings. The number of aromatic nitrogens is 2. The summed E-state index contributed by atoms with van der Waals surface area (Å²) in [4.78, 5) is 20.7. The Morgan fingerprint density at radius 1 is 0.938 bits per heavy atom. The fourth-order valence-corrected chi connectivity index (χ4v) is 5.20. The Labute approximate surface area is 183 Å². The first-order chi connectivity index (χ1) is 15.7. The van der Waals surface area contributed by atoms with Crippen LogP contribution in [0.4, 0.5) is 5.69 Å². The van der Waals surface area contributed by atoms with Gasteiger partial charge in [0.05, 0.1) is 17.6 Å². The molecule has 158 valence electrons. The summed E-state index contributed by atoms with van der Waals surface area (Å²) in [7, 11) is 1.99. The van der Waals surface area contributed by atoms with Crippen LogP contribution in [0, 0.1) is 0 Å². The smallest absolute Gasteiger partial charge is 0.246 e. The largest absolute Gasteiger partial charge is 0.491 e. The molecule has 3 aromatic carbocycles. The van der Waals surface area contributed by atoms with Crippen molar-refractivity contribution in [3.05, 3.63) is 77.6 Å². The lowest BCUT2D eigenvalue weighted by Gasteiger charge is -2.23. The van der Waals surface area contributed by atoms with E-state index in [1.807, 2.05) is 77.2 Å². The fraction of sp³-hybridized carbons (Fsp3) is 0.200. The molecule has 1 unspecified atom stereocenters. The molecule has 0 bridgehead atoms. The molecule has 7 nitrogen and oxygen atoms in total. The van der Waals surface area contributed by atoms with Crippen molar-refractivity contribution in [2.75, 3.05) is 18.3 Å². The number of carbonyl (C=O) groups excluding carboxylic acids is 1. The summed E-state index contributed by atoms with van der Waals surface area (Å²) in [6.45, 7) is 0.803. The standard InChI is InChI=1S/C25H19N3O4/c1-27-19-9-5-3-7-17(19)26-23(27)12-28-18-8-4-2-6-15(18)25(24(28)29)13-30-20-11-22-21(10-16(20)25)31-14-32-22/h2-11H,12-14H2,1H3. The van der Waals surface area contributed by atoms with Gasteiger partial charge in [0, 0.05) is 24.4 Å². The Morgan fingerprint density at radius 3 is 2.59 bits per heavy atom. The molecular formula is C25H19N3O4. The Hall–Kier alpha value is -4.00. The number of anilines is 1. The normalized spacial score (nSPS) is 20.2. The number of ether oxygens (including phenoxy) is 3. The van der Waals surface area contributed by atoms with Crippen molar-refractivity contribution in [1.82, 2.24) is 9.55 Å². The number of rotatable bonds is 2. The van der Waals surface area contributed by atoms with Gasteiger partial charge in [0.1, 0.15) is 23.6 Å². The van der Waals surface area contributed by atoms with Crippen molar-refractivity contribution >= 4 is 22.6 Å². The van der Waals surface area contributed by atoms with E-state index in [0.717, 1.165) is 33.7 Å². The highest BCUT2D eigenvalue weighted by molar-refractivity contribution is 6.11. The predicted molar refractivity (Wildman–Crippen MR) is 117 cm³/mol. The van der Waals surface area contributed by atoms with Crippen LogP contribution >= 0.6 is 0 Å². The molecule has 1 aromatic heterocycles. The SMILES string of the molecule is Cn1c(CN2C(=O)C3(COc4cc5c(cc43)OCO5)c3ccccc32)nc2ccccc21. The van der Waals surface area contributed by atoms with Gasteiger partial charge in [0.15, 0.2) is 11.5 Å². The third-order valence-corrected chi connectivity index (χ3v) is 6.82. The number of hydrogen-bond donors (Lipinski definition) is 0. The second kappa shape index (κ2) is 6.03. The third kappa shape index (κ3) is 2.10. The van der Waals surface area contributed by atoms with Crippen molar-refractivity contribution < 1.29 is 19.0 Å². The van der Waals surface area contributed by atoms with E-state index in [2.05, 4.69) is 0 Å². The number of carbonyl (C=O) groups is 1. The van der Waals surface area contributed by atoms with Gasteiger partial charge in [0.25, 0.3) is 0 Å². The second-order valence-electron chi connectivity index (χ2n) is 8.38. The average molecular weight is 425 g/mol. The highest BCUT2D eigenvalue weighted by atomic mass is 16.7. The molecule has 4 aromatic rings. The summed E-state index contributed by atoms with van der Waals surface area (Å²) in [6, 6.07) is 19.7. The molecule has 0 saturated carbocycles. The van der Waals surface area contributed by atoms with Crippen LogP contribution in [0.1, 0.15) is 17.0 Å². The minimum atomic E-state index is -0.905. The van der Waals surface area contributed by atoms with Crippen molar-refractivity contribution in [3.63, 3.8) is 0 Å². The van der Waals surface area contributed by atoms with Gasteiger partial charge < -0.3 is 23.7 Å². The summed E-state index contributed by atoms with van der Waals surface area (Å²) < 4.78 is 19.2. The van der Waals surface area contributed by atoms with E-state index in [1.54, 1.807) is 0 Å². The first-order valence-corrected chi connectivity index (χ1v) is 10.6. The van der Waals surface area contributed by atoms with E-state index in [-0.39, 0.29) is 19.3 Å². The molecule has 4 heterocycles. The van der Waals surface area contributed by atoms with E-state index in [1.165, 1.54) is 0 Å². The van der Waals surface area contributed by atoms with Gasteiger partial charge in [-0.25, -0.2) is 4.98 Å². The average Bonchev–Trinajstić information content (AvgIpc) is 3.56. The van der Waals surface area contributed by atoms with E-state index in [4.69, 9.17) is 19.2 Å². The van der Waals surface area contributed by atoms with Gasteiger partial charge in [0.2, 0.25) is 12.7 Å². The molecule has 1 atom stereocenters. The Morgan fingerprint density at radius 2 is 1.72 bits per heavy atom. The maximum atomic E-state index is 14.1. The lowest BCUT2D eigenvalue weighted by molar-refractivity contribution is -0.122. The topological polar surface area (TPSA) is 65.8 Å². The number of hydrogen-bond acceptors (Lipinski definition) is 5. The van der Waals surface area contributed by atoms with Crippen molar-refractivity contribution in [3.8, 4) is 17.2 Å². The summed E-state index contributed by atoms with van der Waals surface area (Å²) in [5.74, 6) is 2.78. The Bertz CT molecular complexity index is 1440. The molecule has 0 N–H and O–H groups in total. The number of aryl methyl sites for hydroxylation is 1. The highest BCUT2D eigenvalue weighted by Gasteiger charge is 2.57. The first-order valence-electron chi connectivity index (χ1n) is 10.6. The number of para-hydroxylation sites is 3. The number of imidazole rings is 1. The van der Waals surface area contributed by atoms with Crippen LogP contribution in [0.25, 0.3) is 11.0 Å². The van der Waals surface area contributed by atoms with Crippen LogP contribution in [-0.4, -0.2) is 28.9 Å². The summed E-state index contributed by atoms with van der Waals surface area (Å²) in [5, 5.41) is 0. The summed E-state index contributed by atoms with van der Waals surface area (Å²) in [6.07, 6.45) is 0. The van der Waals surface area contributed by atoms with Crippen LogP contribution in [0.2, 0.25) is 0 Å². The van der Waals surface area contributed by atoms with Gasteiger partial charge >= 0.3 is 0 Å². The van der Waals surface area contributed by atoms with Gasteiger partial charge in [-0.2, -0.15) is 0 Å². The monoisotopic (exact) mass is 425 g/mol.